The number of pyridine rings is 1. The molecule has 0 atom stereocenters. The SMILES string of the molecule is NCCCn1ccnc1.Nc1cc2c(Nc3cccc(Br)c3)ncnc2cn1. The van der Waals surface area contributed by atoms with E-state index in [0.29, 0.717) is 11.6 Å². The van der Waals surface area contributed by atoms with E-state index in [-0.39, 0.29) is 0 Å². The molecule has 0 unspecified atom stereocenters. The van der Waals surface area contributed by atoms with Gasteiger partial charge in [0.05, 0.1) is 18.0 Å². The zero-order chi connectivity index (χ0) is 19.8. The Labute approximate surface area is 171 Å². The molecule has 9 heteroatoms. The minimum atomic E-state index is 0.444. The second-order valence-electron chi connectivity index (χ2n) is 5.93. The molecule has 0 aliphatic heterocycles. The molecular weight excluding hydrogens is 420 g/mol. The number of benzene rings is 1. The van der Waals surface area contributed by atoms with E-state index in [1.165, 1.54) is 6.33 Å². The molecule has 28 heavy (non-hydrogen) atoms. The van der Waals surface area contributed by atoms with Crippen LogP contribution in [0.2, 0.25) is 0 Å². The molecule has 4 aromatic rings. The van der Waals surface area contributed by atoms with Crippen LogP contribution in [0.3, 0.4) is 0 Å². The lowest BCUT2D eigenvalue weighted by atomic mass is 10.2. The summed E-state index contributed by atoms with van der Waals surface area (Å²) in [5, 5.41) is 4.09. The highest BCUT2D eigenvalue weighted by Crippen LogP contribution is 2.25. The van der Waals surface area contributed by atoms with Crippen LogP contribution in [-0.2, 0) is 6.54 Å². The van der Waals surface area contributed by atoms with Crippen molar-refractivity contribution < 1.29 is 0 Å². The monoisotopic (exact) mass is 440 g/mol. The predicted molar refractivity (Wildman–Crippen MR) is 115 cm³/mol. The standard InChI is InChI=1S/C13H10BrN5.C6H11N3/c14-8-2-1-3-9(4-8)19-13-10-5-12(15)16-6-11(10)17-7-18-13;7-2-1-4-9-5-3-8-6-9/h1-7H,(H2,15,16)(H,17,18,19);3,5-6H,1-2,4,7H2. The number of aromatic nitrogens is 5. The quantitative estimate of drug-likeness (QED) is 0.434. The van der Waals surface area contributed by atoms with E-state index in [2.05, 4.69) is 41.2 Å². The van der Waals surface area contributed by atoms with Gasteiger partial charge < -0.3 is 21.4 Å². The highest BCUT2D eigenvalue weighted by molar-refractivity contribution is 9.10. The van der Waals surface area contributed by atoms with E-state index in [4.69, 9.17) is 11.5 Å². The Bertz CT molecular complexity index is 1020. The van der Waals surface area contributed by atoms with Crippen LogP contribution < -0.4 is 16.8 Å². The number of nitrogens with one attached hydrogen (secondary N) is 1. The van der Waals surface area contributed by atoms with Gasteiger partial charge in [0.15, 0.2) is 0 Å². The largest absolute Gasteiger partial charge is 0.384 e. The summed E-state index contributed by atoms with van der Waals surface area (Å²) in [7, 11) is 0. The Morgan fingerprint density at radius 1 is 1.14 bits per heavy atom. The number of nitrogens with zero attached hydrogens (tertiary/aromatic N) is 5. The molecule has 0 amide bonds. The van der Waals surface area contributed by atoms with Crippen molar-refractivity contribution in [2.45, 2.75) is 13.0 Å². The van der Waals surface area contributed by atoms with Crippen LogP contribution in [0.4, 0.5) is 17.3 Å². The van der Waals surface area contributed by atoms with Gasteiger partial charge in [-0.05, 0) is 37.2 Å². The van der Waals surface area contributed by atoms with Crippen LogP contribution in [0, 0.1) is 0 Å². The molecule has 4 rings (SSSR count). The van der Waals surface area contributed by atoms with E-state index in [1.54, 1.807) is 24.8 Å². The predicted octanol–water partition coefficient (Wildman–Crippen LogP) is 3.35. The van der Waals surface area contributed by atoms with Gasteiger partial charge in [-0.3, -0.25) is 0 Å². The van der Waals surface area contributed by atoms with Crippen LogP contribution in [0.15, 0.2) is 66.0 Å². The first-order valence-corrected chi connectivity index (χ1v) is 9.49. The summed E-state index contributed by atoms with van der Waals surface area (Å²) in [4.78, 5) is 16.3. The fourth-order valence-electron chi connectivity index (χ4n) is 2.47. The minimum Gasteiger partial charge on any atom is -0.384 e. The molecule has 144 valence electrons. The van der Waals surface area contributed by atoms with Crippen LogP contribution in [0.5, 0.6) is 0 Å². The maximum Gasteiger partial charge on any atom is 0.141 e. The van der Waals surface area contributed by atoms with Gasteiger partial charge in [-0.2, -0.15) is 0 Å². The fourth-order valence-corrected chi connectivity index (χ4v) is 2.87. The molecule has 0 aliphatic rings. The maximum atomic E-state index is 5.71. The summed E-state index contributed by atoms with van der Waals surface area (Å²) in [6.07, 6.45) is 9.68. The van der Waals surface area contributed by atoms with Crippen LogP contribution in [-0.4, -0.2) is 31.0 Å². The van der Waals surface area contributed by atoms with Crippen molar-refractivity contribution in [1.29, 1.82) is 0 Å². The number of halogens is 1. The van der Waals surface area contributed by atoms with E-state index in [9.17, 15) is 0 Å². The van der Waals surface area contributed by atoms with Gasteiger partial charge in [0.2, 0.25) is 0 Å². The Morgan fingerprint density at radius 2 is 2.04 bits per heavy atom. The van der Waals surface area contributed by atoms with Crippen LogP contribution in [0.1, 0.15) is 6.42 Å². The summed E-state index contributed by atoms with van der Waals surface area (Å²) >= 11 is 3.43. The van der Waals surface area contributed by atoms with E-state index in [0.717, 1.165) is 40.6 Å². The molecule has 3 heterocycles. The molecule has 0 spiro atoms. The molecule has 0 fully saturated rings. The number of rotatable bonds is 5. The summed E-state index contributed by atoms with van der Waals surface area (Å²) in [6.45, 7) is 1.73. The average Bonchev–Trinajstić information content (AvgIpc) is 3.21. The normalized spacial score (nSPS) is 10.4. The minimum absolute atomic E-state index is 0.444. The zero-order valence-corrected chi connectivity index (χ0v) is 16.7. The number of hydrogen-bond donors (Lipinski definition) is 3. The van der Waals surface area contributed by atoms with Crippen molar-refractivity contribution in [2.75, 3.05) is 17.6 Å². The smallest absolute Gasteiger partial charge is 0.141 e. The van der Waals surface area contributed by atoms with Gasteiger partial charge in [-0.1, -0.05) is 22.0 Å². The number of hydrogen-bond acceptors (Lipinski definition) is 7. The Balaban J connectivity index is 0.000000211. The Morgan fingerprint density at radius 3 is 2.79 bits per heavy atom. The molecule has 1 aromatic carbocycles. The summed E-state index contributed by atoms with van der Waals surface area (Å²) in [6, 6.07) is 9.61. The van der Waals surface area contributed by atoms with Crippen molar-refractivity contribution in [2.24, 2.45) is 5.73 Å². The van der Waals surface area contributed by atoms with Gasteiger partial charge in [0.1, 0.15) is 18.0 Å². The fraction of sp³-hybridized carbons (Fsp3) is 0.158. The third kappa shape index (κ3) is 5.48. The lowest BCUT2D eigenvalue weighted by molar-refractivity contribution is 0.650. The topological polar surface area (TPSA) is 121 Å². The molecule has 0 aliphatic carbocycles. The van der Waals surface area contributed by atoms with Gasteiger partial charge >= 0.3 is 0 Å². The number of imidazole rings is 1. The van der Waals surface area contributed by atoms with Crippen LogP contribution in [0.25, 0.3) is 10.9 Å². The average molecular weight is 441 g/mol. The number of fused-ring (bicyclic) bond motifs is 1. The van der Waals surface area contributed by atoms with Crippen molar-refractivity contribution in [3.63, 3.8) is 0 Å². The van der Waals surface area contributed by atoms with Gasteiger partial charge in [0, 0.05) is 34.5 Å². The molecule has 5 N–H and O–H groups in total. The number of nitrogen functional groups attached to an aromatic ring is 1. The van der Waals surface area contributed by atoms with Crippen molar-refractivity contribution in [1.82, 2.24) is 24.5 Å². The van der Waals surface area contributed by atoms with Gasteiger partial charge in [-0.25, -0.2) is 19.9 Å². The second kappa shape index (κ2) is 9.77. The van der Waals surface area contributed by atoms with E-state index >= 15 is 0 Å². The van der Waals surface area contributed by atoms with E-state index in [1.807, 2.05) is 35.0 Å². The van der Waals surface area contributed by atoms with Crippen molar-refractivity contribution in [3.8, 4) is 0 Å². The summed E-state index contributed by atoms with van der Waals surface area (Å²) in [5.74, 6) is 1.15. The molecule has 0 saturated carbocycles. The molecular formula is C19H21BrN8. The van der Waals surface area contributed by atoms with Gasteiger partial charge in [-0.15, -0.1) is 0 Å². The lowest BCUT2D eigenvalue weighted by Gasteiger charge is -2.08. The summed E-state index contributed by atoms with van der Waals surface area (Å²) < 4.78 is 3.02. The highest BCUT2D eigenvalue weighted by atomic mass is 79.9. The number of anilines is 3. The molecule has 0 saturated heterocycles. The first-order chi connectivity index (χ1) is 13.7. The molecule has 8 nitrogen and oxygen atoms in total. The van der Waals surface area contributed by atoms with Crippen LogP contribution >= 0.6 is 15.9 Å². The van der Waals surface area contributed by atoms with Crippen molar-refractivity contribution in [3.05, 3.63) is 66.0 Å². The molecule has 3 aromatic heterocycles. The number of aryl methyl sites for hydroxylation is 1. The van der Waals surface area contributed by atoms with E-state index < -0.39 is 0 Å². The third-order valence-corrected chi connectivity index (χ3v) is 4.30. The first-order valence-electron chi connectivity index (χ1n) is 8.70. The summed E-state index contributed by atoms with van der Waals surface area (Å²) in [5.41, 5.74) is 12.7. The molecule has 0 bridgehead atoms. The van der Waals surface area contributed by atoms with Gasteiger partial charge in [0.25, 0.3) is 0 Å². The third-order valence-electron chi connectivity index (χ3n) is 3.81. The second-order valence-corrected chi connectivity index (χ2v) is 6.84. The first kappa shape index (κ1) is 19.7. The Kier molecular flexibility index (Phi) is 6.88. The highest BCUT2D eigenvalue weighted by Gasteiger charge is 2.05. The zero-order valence-electron chi connectivity index (χ0n) is 15.2. The number of nitrogens with two attached hydrogens (primary N) is 2. The van der Waals surface area contributed by atoms with Crippen molar-refractivity contribution >= 4 is 44.2 Å². The Hall–Kier alpha value is -3.04. The lowest BCUT2D eigenvalue weighted by Crippen LogP contribution is -2.03. The maximum absolute atomic E-state index is 5.71. The molecule has 0 radical (unpaired) electrons.